The van der Waals surface area contributed by atoms with E-state index in [0.29, 0.717) is 17.0 Å². The largest absolute Gasteiger partial charge is 0.496 e. The van der Waals surface area contributed by atoms with E-state index in [1.165, 1.54) is 29.8 Å². The first kappa shape index (κ1) is 29.6. The van der Waals surface area contributed by atoms with Gasteiger partial charge in [0.1, 0.15) is 5.75 Å². The van der Waals surface area contributed by atoms with Crippen LogP contribution in [0.2, 0.25) is 0 Å². The summed E-state index contributed by atoms with van der Waals surface area (Å²) in [6, 6.07) is 10.8. The number of hydrogen-bond acceptors (Lipinski definition) is 5. The Bertz CT molecular complexity index is 1800. The zero-order chi connectivity index (χ0) is 30.8. The number of methoxy groups -OCH3 is 1. The minimum absolute atomic E-state index is 0.0287. The maximum atomic E-state index is 13.6. The topological polar surface area (TPSA) is 96.5 Å². The van der Waals surface area contributed by atoms with Crippen molar-refractivity contribution in [3.05, 3.63) is 98.1 Å². The fourth-order valence-corrected chi connectivity index (χ4v) is 6.37. The van der Waals surface area contributed by atoms with Crippen LogP contribution in [-0.4, -0.2) is 30.9 Å². The molecule has 2 saturated carbocycles. The first-order chi connectivity index (χ1) is 21.2. The lowest BCUT2D eigenvalue weighted by Gasteiger charge is -2.20. The van der Waals surface area contributed by atoms with Crippen LogP contribution in [0.3, 0.4) is 0 Å². The maximum absolute atomic E-state index is 13.6. The first-order valence-corrected chi connectivity index (χ1v) is 15.8. The molecule has 2 aromatic carbocycles. The van der Waals surface area contributed by atoms with Crippen LogP contribution in [0.1, 0.15) is 54.1 Å². The monoisotopic (exact) mass is 605 g/mol. The average molecular weight is 606 g/mol. The number of ether oxygens (including phenoxy) is 1. The van der Waals surface area contributed by atoms with Crippen LogP contribution in [-0.2, 0) is 21.7 Å². The summed E-state index contributed by atoms with van der Waals surface area (Å²) in [6.07, 6.45) is 12.6. The summed E-state index contributed by atoms with van der Waals surface area (Å²) in [5, 5.41) is 12.7. The third kappa shape index (κ3) is 6.53. The van der Waals surface area contributed by atoms with Crippen molar-refractivity contribution in [2.24, 2.45) is 11.8 Å². The molecule has 2 aromatic rings. The lowest BCUT2D eigenvalue weighted by atomic mass is 10.0. The van der Waals surface area contributed by atoms with E-state index in [0.717, 1.165) is 45.8 Å². The number of amides is 3. The van der Waals surface area contributed by atoms with E-state index in [1.807, 2.05) is 17.6 Å². The molecule has 8 heteroatoms. The van der Waals surface area contributed by atoms with E-state index in [4.69, 9.17) is 4.74 Å². The van der Waals surface area contributed by atoms with Gasteiger partial charge in [-0.15, -0.1) is 0 Å². The highest BCUT2D eigenvalue weighted by Gasteiger charge is 2.46. The third-order valence-electron chi connectivity index (χ3n) is 8.41. The Morgan fingerprint density at radius 3 is 2.66 bits per heavy atom. The summed E-state index contributed by atoms with van der Waals surface area (Å²) in [7, 11) is 1.69. The molecular weight excluding hydrogens is 570 g/mol. The number of fused-ring (bicyclic) bond motifs is 1. The van der Waals surface area contributed by atoms with Crippen LogP contribution in [0.15, 0.2) is 71.0 Å². The van der Waals surface area contributed by atoms with E-state index in [2.05, 4.69) is 58.7 Å². The molecule has 0 radical (unpaired) electrons. The van der Waals surface area contributed by atoms with Crippen LogP contribution in [0.25, 0.3) is 12.2 Å². The van der Waals surface area contributed by atoms with Gasteiger partial charge in [-0.3, -0.25) is 14.4 Å². The van der Waals surface area contributed by atoms with Gasteiger partial charge in [0.2, 0.25) is 0 Å². The summed E-state index contributed by atoms with van der Waals surface area (Å²) in [4.78, 5) is 39.5. The molecule has 2 atom stereocenters. The zero-order valence-corrected chi connectivity index (χ0v) is 25.7. The molecule has 1 unspecified atom stereocenters. The van der Waals surface area contributed by atoms with Crippen LogP contribution in [0.4, 0.5) is 0 Å². The number of thioether (sulfide) groups is 1. The Kier molecular flexibility index (Phi) is 8.24. The van der Waals surface area contributed by atoms with Crippen molar-refractivity contribution in [1.29, 1.82) is 0 Å². The number of allylic oxidation sites excluding steroid dienone is 4. The Labute approximate surface area is 261 Å². The van der Waals surface area contributed by atoms with Gasteiger partial charge in [0.05, 0.1) is 23.6 Å². The second kappa shape index (κ2) is 12.3. The van der Waals surface area contributed by atoms with Crippen molar-refractivity contribution in [3.8, 4) is 17.6 Å². The van der Waals surface area contributed by atoms with Crippen LogP contribution < -0.4 is 31.1 Å². The smallest absolute Gasteiger partial charge is 0.310 e. The van der Waals surface area contributed by atoms with Gasteiger partial charge in [-0.1, -0.05) is 60.5 Å². The normalized spacial score (nSPS) is 19.5. The number of hydrogen-bond donors (Lipinski definition) is 3. The molecule has 3 aliphatic carbocycles. The second-order valence-electron chi connectivity index (χ2n) is 11.8. The number of carbonyl (C=O) groups is 3. The molecule has 0 saturated heterocycles. The van der Waals surface area contributed by atoms with Crippen molar-refractivity contribution in [1.82, 2.24) is 16.0 Å². The molecule has 3 amide bonds. The molecule has 3 N–H and O–H groups in total. The van der Waals surface area contributed by atoms with Gasteiger partial charge in [-0.25, -0.2) is 0 Å². The lowest BCUT2D eigenvalue weighted by Crippen LogP contribution is -2.43. The molecule has 0 spiro atoms. The molecular formula is C36H35N3O4S. The Hall–Kier alpha value is -4.48. The van der Waals surface area contributed by atoms with Gasteiger partial charge in [0.25, 0.3) is 5.91 Å². The number of benzene rings is 2. The minimum Gasteiger partial charge on any atom is -0.496 e. The van der Waals surface area contributed by atoms with Gasteiger partial charge in [-0.05, 0) is 102 Å². The van der Waals surface area contributed by atoms with Crippen LogP contribution in [0, 0.1) is 23.7 Å². The van der Waals surface area contributed by atoms with Gasteiger partial charge in [0.15, 0.2) is 0 Å². The fourth-order valence-electron chi connectivity index (χ4n) is 5.65. The summed E-state index contributed by atoms with van der Waals surface area (Å²) < 4.78 is 5.77. The van der Waals surface area contributed by atoms with Gasteiger partial charge in [0, 0.05) is 17.3 Å². The Balaban J connectivity index is 1.09. The molecule has 0 aromatic heterocycles. The third-order valence-corrected chi connectivity index (χ3v) is 9.15. The van der Waals surface area contributed by atoms with Gasteiger partial charge >= 0.3 is 11.8 Å². The van der Waals surface area contributed by atoms with Gasteiger partial charge in [-0.2, -0.15) is 0 Å². The summed E-state index contributed by atoms with van der Waals surface area (Å²) in [6.45, 7) is 5.63. The number of carbonyl (C=O) groups excluding carboxylic acids is 3. The fraction of sp³-hybridized carbons (Fsp3) is 0.306. The highest BCUT2D eigenvalue weighted by molar-refractivity contribution is 8.06. The number of nitrogens with one attached hydrogen (secondary N) is 3. The van der Waals surface area contributed by atoms with E-state index in [9.17, 15) is 14.4 Å². The van der Waals surface area contributed by atoms with E-state index in [-0.39, 0.29) is 12.5 Å². The van der Waals surface area contributed by atoms with E-state index in [1.54, 1.807) is 38.3 Å². The zero-order valence-electron chi connectivity index (χ0n) is 24.9. The Morgan fingerprint density at radius 2 is 1.93 bits per heavy atom. The first-order valence-electron chi connectivity index (χ1n) is 14.9. The minimum atomic E-state index is -0.794. The predicted octanol–water partition coefficient (Wildman–Crippen LogP) is 3.54. The SMILES string of the molecule is C=C1C=CSC(C#C[C@H](C)NC(=O)C(=O)NCc2ccccc2C(=O)NC2(c3cc(OC)c4c(c3)=CC(C3CC3)C=4)CC2)=C1. The molecule has 224 valence electrons. The molecule has 2 fully saturated rings. The highest BCUT2D eigenvalue weighted by Crippen LogP contribution is 2.46. The second-order valence-corrected chi connectivity index (χ2v) is 12.7. The molecule has 44 heavy (non-hydrogen) atoms. The van der Waals surface area contributed by atoms with Crippen LogP contribution >= 0.6 is 11.8 Å². The lowest BCUT2D eigenvalue weighted by molar-refractivity contribution is -0.139. The summed E-state index contributed by atoms with van der Waals surface area (Å²) >= 11 is 1.47. The molecule has 1 aliphatic heterocycles. The van der Waals surface area contributed by atoms with Gasteiger partial charge < -0.3 is 20.7 Å². The standard InChI is InChI=1S/C36H35N3O4S/c1-22-12-15-44-29(16-22)11-8-23(2)38-35(42)34(41)37-21-25-6-4-5-7-30(25)33(40)39-36(13-14-36)28-18-27-17-26(24-9-10-24)19-31(27)32(20-28)43-3/h4-7,12,15-20,23-24,26H,1,9-10,13-14,21H2,2-3H3,(H,37,41)(H,38,42)(H,39,40)/t23-,26?/m0/s1. The van der Waals surface area contributed by atoms with Crippen molar-refractivity contribution < 1.29 is 19.1 Å². The average Bonchev–Trinajstić information content (AvgIpc) is 3.96. The quantitative estimate of drug-likeness (QED) is 0.316. The maximum Gasteiger partial charge on any atom is 0.310 e. The van der Waals surface area contributed by atoms with E-state index < -0.39 is 23.4 Å². The van der Waals surface area contributed by atoms with Crippen molar-refractivity contribution in [2.75, 3.05) is 7.11 Å². The van der Waals surface area contributed by atoms with E-state index >= 15 is 0 Å². The van der Waals surface area contributed by atoms with Crippen LogP contribution in [0.5, 0.6) is 5.75 Å². The summed E-state index contributed by atoms with van der Waals surface area (Å²) in [5.74, 6) is 6.15. The van der Waals surface area contributed by atoms with Crippen molar-refractivity contribution in [3.63, 3.8) is 0 Å². The predicted molar refractivity (Wildman–Crippen MR) is 173 cm³/mol. The molecule has 0 bridgehead atoms. The van der Waals surface area contributed by atoms with Crippen molar-refractivity contribution in [2.45, 2.75) is 50.7 Å². The summed E-state index contributed by atoms with van der Waals surface area (Å²) in [5.41, 5.74) is 2.50. The van der Waals surface area contributed by atoms with Crippen molar-refractivity contribution >= 4 is 41.6 Å². The molecule has 4 aliphatic rings. The molecule has 1 heterocycles. The highest BCUT2D eigenvalue weighted by atomic mass is 32.2. The Morgan fingerprint density at radius 1 is 1.14 bits per heavy atom. The molecule has 7 nitrogen and oxygen atoms in total. The molecule has 6 rings (SSSR count). The number of rotatable bonds is 8.